The van der Waals surface area contributed by atoms with Gasteiger partial charge in [-0.05, 0) is 12.8 Å². The second kappa shape index (κ2) is 3.56. The molecule has 0 aromatic heterocycles. The molecule has 3 nitrogen and oxygen atoms in total. The van der Waals surface area contributed by atoms with E-state index in [0.717, 1.165) is 12.8 Å². The SMILES string of the molecule is O=C(NCCO)C1CCC1. The number of nitrogens with one attached hydrogen (secondary N) is 1. The fraction of sp³-hybridized carbons (Fsp3) is 0.857. The summed E-state index contributed by atoms with van der Waals surface area (Å²) in [6.07, 6.45) is 3.23. The zero-order valence-corrected chi connectivity index (χ0v) is 5.97. The lowest BCUT2D eigenvalue weighted by Gasteiger charge is -2.23. The molecular formula is C7H13NO2. The highest BCUT2D eigenvalue weighted by Crippen LogP contribution is 2.25. The number of hydrogen-bond donors (Lipinski definition) is 2. The Hall–Kier alpha value is -0.570. The minimum atomic E-state index is 0.0401. The summed E-state index contributed by atoms with van der Waals surface area (Å²) in [5.41, 5.74) is 0. The van der Waals surface area contributed by atoms with Gasteiger partial charge in [0, 0.05) is 12.5 Å². The van der Waals surface area contributed by atoms with E-state index in [2.05, 4.69) is 5.32 Å². The molecule has 3 heteroatoms. The molecule has 0 heterocycles. The number of aliphatic hydroxyl groups is 1. The molecule has 1 saturated carbocycles. The maximum atomic E-state index is 11.0. The van der Waals surface area contributed by atoms with Gasteiger partial charge in [-0.25, -0.2) is 0 Å². The molecule has 0 unspecified atom stereocenters. The standard InChI is InChI=1S/C7H13NO2/c9-5-4-8-7(10)6-2-1-3-6/h6,9H,1-5H2,(H,8,10). The molecular weight excluding hydrogens is 130 g/mol. The van der Waals surface area contributed by atoms with Crippen LogP contribution in [0.4, 0.5) is 0 Å². The van der Waals surface area contributed by atoms with Crippen LogP contribution in [0.3, 0.4) is 0 Å². The molecule has 0 atom stereocenters. The Morgan fingerprint density at radius 2 is 2.30 bits per heavy atom. The van der Waals surface area contributed by atoms with Crippen molar-refractivity contribution in [3.05, 3.63) is 0 Å². The largest absolute Gasteiger partial charge is 0.395 e. The van der Waals surface area contributed by atoms with Crippen molar-refractivity contribution in [2.75, 3.05) is 13.2 Å². The highest BCUT2D eigenvalue weighted by atomic mass is 16.3. The van der Waals surface area contributed by atoms with Gasteiger partial charge in [-0.15, -0.1) is 0 Å². The van der Waals surface area contributed by atoms with Crippen LogP contribution in [0.1, 0.15) is 19.3 Å². The second-order valence-corrected chi connectivity index (χ2v) is 2.64. The quantitative estimate of drug-likeness (QED) is 0.579. The Labute approximate surface area is 60.4 Å². The van der Waals surface area contributed by atoms with Crippen LogP contribution >= 0.6 is 0 Å². The van der Waals surface area contributed by atoms with Crippen LogP contribution in [0.5, 0.6) is 0 Å². The van der Waals surface area contributed by atoms with Gasteiger partial charge in [0.25, 0.3) is 0 Å². The fourth-order valence-electron chi connectivity index (χ4n) is 0.994. The predicted octanol–water partition coefficient (Wildman–Crippen LogP) is -0.105. The first-order valence-corrected chi connectivity index (χ1v) is 3.73. The Bertz CT molecular complexity index is 121. The van der Waals surface area contributed by atoms with Crippen LogP contribution in [0.2, 0.25) is 0 Å². The summed E-state index contributed by atoms with van der Waals surface area (Å²) in [5, 5.41) is 11.0. The van der Waals surface area contributed by atoms with E-state index in [0.29, 0.717) is 6.54 Å². The van der Waals surface area contributed by atoms with E-state index in [1.807, 2.05) is 0 Å². The summed E-state index contributed by atoms with van der Waals surface area (Å²) in [6.45, 7) is 0.438. The third-order valence-electron chi connectivity index (χ3n) is 1.89. The summed E-state index contributed by atoms with van der Waals surface area (Å²) in [5.74, 6) is 0.354. The summed E-state index contributed by atoms with van der Waals surface area (Å²) in [7, 11) is 0. The molecule has 1 fully saturated rings. The van der Waals surface area contributed by atoms with Gasteiger partial charge in [-0.3, -0.25) is 4.79 Å². The van der Waals surface area contributed by atoms with Crippen molar-refractivity contribution >= 4 is 5.91 Å². The normalized spacial score (nSPS) is 18.1. The van der Waals surface area contributed by atoms with Crippen molar-refractivity contribution in [3.63, 3.8) is 0 Å². The molecule has 1 aliphatic rings. The first kappa shape index (κ1) is 7.54. The van der Waals surface area contributed by atoms with Crippen LogP contribution < -0.4 is 5.32 Å². The van der Waals surface area contributed by atoms with Crippen molar-refractivity contribution in [1.82, 2.24) is 5.32 Å². The third-order valence-corrected chi connectivity index (χ3v) is 1.89. The highest BCUT2D eigenvalue weighted by molar-refractivity contribution is 5.79. The van der Waals surface area contributed by atoms with Gasteiger partial charge in [0.2, 0.25) is 5.91 Å². The maximum absolute atomic E-state index is 11.0. The molecule has 2 N–H and O–H groups in total. The summed E-state index contributed by atoms with van der Waals surface area (Å²) >= 11 is 0. The fourth-order valence-corrected chi connectivity index (χ4v) is 0.994. The van der Waals surface area contributed by atoms with E-state index in [9.17, 15) is 4.79 Å². The number of carbonyl (C=O) groups is 1. The third kappa shape index (κ3) is 1.70. The van der Waals surface area contributed by atoms with Gasteiger partial charge in [-0.1, -0.05) is 6.42 Å². The molecule has 10 heavy (non-hydrogen) atoms. The predicted molar refractivity (Wildman–Crippen MR) is 37.4 cm³/mol. The maximum Gasteiger partial charge on any atom is 0.223 e. The van der Waals surface area contributed by atoms with Crippen LogP contribution in [-0.4, -0.2) is 24.2 Å². The first-order chi connectivity index (χ1) is 4.84. The van der Waals surface area contributed by atoms with E-state index in [1.165, 1.54) is 6.42 Å². The Balaban J connectivity index is 2.08. The number of carbonyl (C=O) groups excluding carboxylic acids is 1. The van der Waals surface area contributed by atoms with E-state index < -0.39 is 0 Å². The van der Waals surface area contributed by atoms with Gasteiger partial charge in [0.05, 0.1) is 6.61 Å². The van der Waals surface area contributed by atoms with Crippen LogP contribution in [0, 0.1) is 5.92 Å². The van der Waals surface area contributed by atoms with Gasteiger partial charge in [0.1, 0.15) is 0 Å². The zero-order chi connectivity index (χ0) is 7.40. The highest BCUT2D eigenvalue weighted by Gasteiger charge is 2.24. The Morgan fingerprint density at radius 3 is 2.70 bits per heavy atom. The van der Waals surface area contributed by atoms with Crippen molar-refractivity contribution in [2.24, 2.45) is 5.92 Å². The van der Waals surface area contributed by atoms with Crippen LogP contribution in [0.15, 0.2) is 0 Å². The molecule has 0 aliphatic heterocycles. The number of aliphatic hydroxyl groups excluding tert-OH is 1. The smallest absolute Gasteiger partial charge is 0.223 e. The second-order valence-electron chi connectivity index (χ2n) is 2.64. The molecule has 0 spiro atoms. The van der Waals surface area contributed by atoms with Crippen molar-refractivity contribution in [3.8, 4) is 0 Å². The lowest BCUT2D eigenvalue weighted by Crippen LogP contribution is -2.35. The average Bonchev–Trinajstić information content (AvgIpc) is 1.79. The molecule has 0 saturated heterocycles. The minimum Gasteiger partial charge on any atom is -0.395 e. The molecule has 0 aromatic rings. The van der Waals surface area contributed by atoms with Crippen LogP contribution in [-0.2, 0) is 4.79 Å². The average molecular weight is 143 g/mol. The zero-order valence-electron chi connectivity index (χ0n) is 5.97. The van der Waals surface area contributed by atoms with Crippen molar-refractivity contribution in [1.29, 1.82) is 0 Å². The Kier molecular flexibility index (Phi) is 2.68. The molecule has 58 valence electrons. The van der Waals surface area contributed by atoms with E-state index >= 15 is 0 Å². The van der Waals surface area contributed by atoms with Gasteiger partial charge in [-0.2, -0.15) is 0 Å². The lowest BCUT2D eigenvalue weighted by atomic mass is 9.85. The van der Waals surface area contributed by atoms with Gasteiger partial charge in [0.15, 0.2) is 0 Å². The lowest BCUT2D eigenvalue weighted by molar-refractivity contribution is -0.127. The molecule has 0 aromatic carbocycles. The summed E-state index contributed by atoms with van der Waals surface area (Å²) in [4.78, 5) is 11.0. The van der Waals surface area contributed by atoms with E-state index in [1.54, 1.807) is 0 Å². The van der Waals surface area contributed by atoms with Crippen molar-refractivity contribution < 1.29 is 9.90 Å². The monoisotopic (exact) mass is 143 g/mol. The molecule has 0 radical (unpaired) electrons. The molecule has 1 aliphatic carbocycles. The summed E-state index contributed by atoms with van der Waals surface area (Å²) in [6, 6.07) is 0. The number of hydrogen-bond acceptors (Lipinski definition) is 2. The van der Waals surface area contributed by atoms with E-state index in [4.69, 9.17) is 5.11 Å². The Morgan fingerprint density at radius 1 is 1.60 bits per heavy atom. The summed E-state index contributed by atoms with van der Waals surface area (Å²) < 4.78 is 0. The first-order valence-electron chi connectivity index (χ1n) is 3.73. The minimum absolute atomic E-state index is 0.0401. The molecule has 0 bridgehead atoms. The number of amides is 1. The number of rotatable bonds is 3. The van der Waals surface area contributed by atoms with Crippen LogP contribution in [0.25, 0.3) is 0 Å². The van der Waals surface area contributed by atoms with Crippen molar-refractivity contribution in [2.45, 2.75) is 19.3 Å². The molecule has 1 amide bonds. The molecule has 1 rings (SSSR count). The van der Waals surface area contributed by atoms with Gasteiger partial charge >= 0.3 is 0 Å². The van der Waals surface area contributed by atoms with E-state index in [-0.39, 0.29) is 18.4 Å². The topological polar surface area (TPSA) is 49.3 Å². The van der Waals surface area contributed by atoms with Gasteiger partial charge < -0.3 is 10.4 Å².